The summed E-state index contributed by atoms with van der Waals surface area (Å²) in [6, 6.07) is 7.85. The van der Waals surface area contributed by atoms with Gasteiger partial charge in [0.1, 0.15) is 11.8 Å². The lowest BCUT2D eigenvalue weighted by molar-refractivity contribution is -0.135. The van der Waals surface area contributed by atoms with Crippen molar-refractivity contribution in [3.63, 3.8) is 0 Å². The second-order valence-corrected chi connectivity index (χ2v) is 5.88. The van der Waals surface area contributed by atoms with Gasteiger partial charge in [0.25, 0.3) is 0 Å². The third-order valence-corrected chi connectivity index (χ3v) is 4.41. The van der Waals surface area contributed by atoms with Gasteiger partial charge in [0.2, 0.25) is 5.91 Å². The summed E-state index contributed by atoms with van der Waals surface area (Å²) >= 11 is 0. The topological polar surface area (TPSA) is 68.0 Å². The molecule has 1 aliphatic rings. The van der Waals surface area contributed by atoms with Crippen molar-refractivity contribution >= 4 is 5.91 Å². The lowest BCUT2D eigenvalue weighted by Crippen LogP contribution is -2.54. The van der Waals surface area contributed by atoms with Crippen molar-refractivity contribution in [2.45, 2.75) is 19.0 Å². The summed E-state index contributed by atoms with van der Waals surface area (Å²) in [5.74, 6) is 0.842. The molecule has 0 aliphatic carbocycles. The van der Waals surface area contributed by atoms with E-state index in [9.17, 15) is 4.79 Å². The Hall–Kier alpha value is -1.63. The Kier molecular flexibility index (Phi) is 6.38. The van der Waals surface area contributed by atoms with Crippen molar-refractivity contribution in [3.05, 3.63) is 29.8 Å². The van der Waals surface area contributed by atoms with Crippen molar-refractivity contribution in [1.82, 2.24) is 9.80 Å². The highest BCUT2D eigenvalue weighted by atomic mass is 16.5. The van der Waals surface area contributed by atoms with E-state index in [0.29, 0.717) is 13.1 Å². The SMILES string of the molecule is COCC(N)C(=O)N1CCN(C(C)c2cccc(OC)c2)CC1. The van der Waals surface area contributed by atoms with Crippen LogP contribution in [0.15, 0.2) is 24.3 Å². The zero-order chi connectivity index (χ0) is 16.8. The highest BCUT2D eigenvalue weighted by Gasteiger charge is 2.27. The van der Waals surface area contributed by atoms with Gasteiger partial charge in [-0.15, -0.1) is 0 Å². The molecule has 2 N–H and O–H groups in total. The molecule has 0 bridgehead atoms. The van der Waals surface area contributed by atoms with Crippen molar-refractivity contribution in [3.8, 4) is 5.75 Å². The standard InChI is InChI=1S/C17H27N3O3/c1-13(14-5-4-6-15(11-14)23-3)19-7-9-20(10-8-19)17(21)16(18)12-22-2/h4-6,11,13,16H,7-10,12,18H2,1-3H3. The van der Waals surface area contributed by atoms with Crippen LogP contribution in [0.25, 0.3) is 0 Å². The van der Waals surface area contributed by atoms with Crippen LogP contribution in [0.2, 0.25) is 0 Å². The van der Waals surface area contributed by atoms with E-state index in [1.165, 1.54) is 5.56 Å². The van der Waals surface area contributed by atoms with E-state index in [2.05, 4.69) is 24.0 Å². The molecule has 0 spiro atoms. The summed E-state index contributed by atoms with van der Waals surface area (Å²) in [6.07, 6.45) is 0. The number of methoxy groups -OCH3 is 2. The highest BCUT2D eigenvalue weighted by molar-refractivity contribution is 5.81. The molecule has 1 aromatic rings. The Labute approximate surface area is 138 Å². The maximum absolute atomic E-state index is 12.2. The number of nitrogens with two attached hydrogens (primary N) is 1. The second-order valence-electron chi connectivity index (χ2n) is 5.88. The average Bonchev–Trinajstić information content (AvgIpc) is 2.60. The van der Waals surface area contributed by atoms with Crippen LogP contribution in [0.4, 0.5) is 0 Å². The van der Waals surface area contributed by atoms with Gasteiger partial charge < -0.3 is 20.1 Å². The lowest BCUT2D eigenvalue weighted by Gasteiger charge is -2.39. The van der Waals surface area contributed by atoms with Crippen LogP contribution in [0, 0.1) is 0 Å². The van der Waals surface area contributed by atoms with Crippen LogP contribution >= 0.6 is 0 Å². The summed E-state index contributed by atoms with van der Waals surface area (Å²) in [4.78, 5) is 16.4. The van der Waals surface area contributed by atoms with Gasteiger partial charge in [-0.25, -0.2) is 0 Å². The van der Waals surface area contributed by atoms with Gasteiger partial charge in [-0.05, 0) is 24.6 Å². The number of hydrogen-bond donors (Lipinski definition) is 1. The monoisotopic (exact) mass is 321 g/mol. The van der Waals surface area contributed by atoms with Crippen molar-refractivity contribution in [1.29, 1.82) is 0 Å². The minimum atomic E-state index is -0.567. The summed E-state index contributed by atoms with van der Waals surface area (Å²) in [5, 5.41) is 0. The number of carbonyl (C=O) groups excluding carboxylic acids is 1. The number of benzene rings is 1. The Morgan fingerprint density at radius 2 is 1.96 bits per heavy atom. The number of rotatable bonds is 6. The van der Waals surface area contributed by atoms with Crippen LogP contribution in [0.5, 0.6) is 5.75 Å². The third-order valence-electron chi connectivity index (χ3n) is 4.41. The van der Waals surface area contributed by atoms with Gasteiger partial charge in [-0.3, -0.25) is 9.69 Å². The first-order chi connectivity index (χ1) is 11.1. The molecule has 0 saturated carbocycles. The third kappa shape index (κ3) is 4.43. The number of carbonyl (C=O) groups is 1. The average molecular weight is 321 g/mol. The van der Waals surface area contributed by atoms with Crippen LogP contribution in [-0.2, 0) is 9.53 Å². The summed E-state index contributed by atoms with van der Waals surface area (Å²) in [6.45, 7) is 5.52. The fourth-order valence-corrected chi connectivity index (χ4v) is 2.93. The predicted molar refractivity (Wildman–Crippen MR) is 89.4 cm³/mol. The van der Waals surface area contributed by atoms with Crippen LogP contribution in [0.1, 0.15) is 18.5 Å². The summed E-state index contributed by atoms with van der Waals surface area (Å²) in [7, 11) is 3.23. The Bertz CT molecular complexity index is 516. The first-order valence-electron chi connectivity index (χ1n) is 7.98. The Morgan fingerprint density at radius 1 is 1.26 bits per heavy atom. The normalized spacial score (nSPS) is 18.5. The quantitative estimate of drug-likeness (QED) is 0.842. The summed E-state index contributed by atoms with van der Waals surface area (Å²) < 4.78 is 10.3. The van der Waals surface area contributed by atoms with Crippen LogP contribution < -0.4 is 10.5 Å². The van der Waals surface area contributed by atoms with E-state index in [0.717, 1.165) is 18.8 Å². The molecule has 1 amide bonds. The summed E-state index contributed by atoms with van der Waals surface area (Å²) in [5.41, 5.74) is 7.05. The smallest absolute Gasteiger partial charge is 0.241 e. The molecule has 128 valence electrons. The number of amides is 1. The van der Waals surface area contributed by atoms with Crippen molar-refractivity contribution in [2.75, 3.05) is 47.0 Å². The van der Waals surface area contributed by atoms with E-state index in [4.69, 9.17) is 15.2 Å². The molecule has 2 unspecified atom stereocenters. The molecular weight excluding hydrogens is 294 g/mol. The number of ether oxygens (including phenoxy) is 2. The van der Waals surface area contributed by atoms with Gasteiger partial charge >= 0.3 is 0 Å². The fourth-order valence-electron chi connectivity index (χ4n) is 2.93. The van der Waals surface area contributed by atoms with Gasteiger partial charge in [-0.2, -0.15) is 0 Å². The predicted octanol–water partition coefficient (Wildman–Crippen LogP) is 0.874. The minimum absolute atomic E-state index is 0.0273. The fraction of sp³-hybridized carbons (Fsp3) is 0.588. The number of piperazine rings is 1. The van der Waals surface area contributed by atoms with Gasteiger partial charge in [0.15, 0.2) is 0 Å². The molecule has 2 rings (SSSR count). The second kappa shape index (κ2) is 8.29. The van der Waals surface area contributed by atoms with Crippen molar-refractivity contribution < 1.29 is 14.3 Å². The van der Waals surface area contributed by atoms with Crippen LogP contribution in [0.3, 0.4) is 0 Å². The van der Waals surface area contributed by atoms with Gasteiger partial charge in [-0.1, -0.05) is 12.1 Å². The number of hydrogen-bond acceptors (Lipinski definition) is 5. The molecule has 0 radical (unpaired) electrons. The van der Waals surface area contributed by atoms with Gasteiger partial charge in [0.05, 0.1) is 13.7 Å². The molecule has 0 aromatic heterocycles. The Morgan fingerprint density at radius 3 is 2.57 bits per heavy atom. The maximum Gasteiger partial charge on any atom is 0.241 e. The molecule has 1 aromatic carbocycles. The molecule has 1 heterocycles. The minimum Gasteiger partial charge on any atom is -0.497 e. The zero-order valence-electron chi connectivity index (χ0n) is 14.2. The zero-order valence-corrected chi connectivity index (χ0v) is 14.2. The maximum atomic E-state index is 12.2. The molecule has 1 saturated heterocycles. The van der Waals surface area contributed by atoms with Crippen LogP contribution in [-0.4, -0.2) is 68.8 Å². The van der Waals surface area contributed by atoms with E-state index in [1.807, 2.05) is 17.0 Å². The van der Waals surface area contributed by atoms with Crippen molar-refractivity contribution in [2.24, 2.45) is 5.73 Å². The molecule has 6 nitrogen and oxygen atoms in total. The lowest BCUT2D eigenvalue weighted by atomic mass is 10.1. The molecule has 23 heavy (non-hydrogen) atoms. The molecule has 1 fully saturated rings. The first-order valence-corrected chi connectivity index (χ1v) is 7.98. The first kappa shape index (κ1) is 17.7. The van der Waals surface area contributed by atoms with E-state index < -0.39 is 6.04 Å². The van der Waals surface area contributed by atoms with E-state index >= 15 is 0 Å². The largest absolute Gasteiger partial charge is 0.497 e. The molecule has 6 heteroatoms. The molecular formula is C17H27N3O3. The van der Waals surface area contributed by atoms with Gasteiger partial charge in [0, 0.05) is 39.3 Å². The number of nitrogens with zero attached hydrogens (tertiary/aromatic N) is 2. The Balaban J connectivity index is 1.91. The molecule has 1 aliphatic heterocycles. The molecule has 2 atom stereocenters. The van der Waals surface area contributed by atoms with E-state index in [-0.39, 0.29) is 18.6 Å². The highest BCUT2D eigenvalue weighted by Crippen LogP contribution is 2.24. The van der Waals surface area contributed by atoms with E-state index in [1.54, 1.807) is 14.2 Å².